The zero-order valence-corrected chi connectivity index (χ0v) is 11.5. The number of anilines is 1. The van der Waals surface area contributed by atoms with E-state index < -0.39 is 0 Å². The van der Waals surface area contributed by atoms with Crippen molar-refractivity contribution in [2.75, 3.05) is 24.2 Å². The van der Waals surface area contributed by atoms with Gasteiger partial charge in [-0.3, -0.25) is 0 Å². The predicted molar refractivity (Wildman–Crippen MR) is 76.8 cm³/mol. The van der Waals surface area contributed by atoms with Gasteiger partial charge in [-0.2, -0.15) is 0 Å². The highest BCUT2D eigenvalue weighted by Crippen LogP contribution is 2.28. The van der Waals surface area contributed by atoms with Gasteiger partial charge in [0.1, 0.15) is 0 Å². The van der Waals surface area contributed by atoms with Crippen molar-refractivity contribution < 1.29 is 0 Å². The van der Waals surface area contributed by atoms with E-state index >= 15 is 0 Å². The summed E-state index contributed by atoms with van der Waals surface area (Å²) in [6.45, 7) is 3.32. The van der Waals surface area contributed by atoms with Gasteiger partial charge in [0.05, 0.1) is 0 Å². The van der Waals surface area contributed by atoms with Crippen LogP contribution in [0, 0.1) is 5.92 Å². The maximum Gasteiger partial charge on any atom is 0.0364 e. The molecule has 17 heavy (non-hydrogen) atoms. The lowest BCUT2D eigenvalue weighted by Gasteiger charge is -2.36. The standard InChI is InChI=1S/C14H22N2S/c1-3-17-14-6-4-13(5-7-14)16(2)10-11-8-12(15)9-11/h4-7,11-12H,3,8-10,15H2,1-2H3. The Balaban J connectivity index is 1.87. The van der Waals surface area contributed by atoms with Crippen molar-refractivity contribution in [2.24, 2.45) is 11.7 Å². The molecule has 0 bridgehead atoms. The molecule has 0 amide bonds. The Morgan fingerprint density at radius 1 is 1.29 bits per heavy atom. The van der Waals surface area contributed by atoms with Crippen LogP contribution in [-0.2, 0) is 0 Å². The molecule has 0 radical (unpaired) electrons. The molecule has 1 aliphatic carbocycles. The Morgan fingerprint density at radius 3 is 2.47 bits per heavy atom. The van der Waals surface area contributed by atoms with Crippen LogP contribution < -0.4 is 10.6 Å². The highest BCUT2D eigenvalue weighted by Gasteiger charge is 2.26. The summed E-state index contributed by atoms with van der Waals surface area (Å²) in [5.41, 5.74) is 7.13. The van der Waals surface area contributed by atoms with Crippen LogP contribution in [-0.4, -0.2) is 25.4 Å². The molecule has 0 spiro atoms. The SMILES string of the molecule is CCSc1ccc(N(C)CC2CC(N)C2)cc1. The molecule has 0 aliphatic heterocycles. The normalized spacial score (nSPS) is 23.2. The summed E-state index contributed by atoms with van der Waals surface area (Å²) in [6.07, 6.45) is 2.38. The monoisotopic (exact) mass is 250 g/mol. The van der Waals surface area contributed by atoms with Gasteiger partial charge in [0.2, 0.25) is 0 Å². The lowest BCUT2D eigenvalue weighted by molar-refractivity contribution is 0.271. The van der Waals surface area contributed by atoms with E-state index in [1.165, 1.54) is 23.4 Å². The summed E-state index contributed by atoms with van der Waals surface area (Å²) < 4.78 is 0. The van der Waals surface area contributed by atoms with Gasteiger partial charge >= 0.3 is 0 Å². The second-order valence-corrected chi connectivity index (χ2v) is 6.24. The van der Waals surface area contributed by atoms with Gasteiger partial charge in [-0.15, -0.1) is 11.8 Å². The number of nitrogens with two attached hydrogens (primary N) is 1. The Morgan fingerprint density at radius 2 is 1.94 bits per heavy atom. The number of thioether (sulfide) groups is 1. The van der Waals surface area contributed by atoms with E-state index in [1.807, 2.05) is 11.8 Å². The van der Waals surface area contributed by atoms with E-state index in [0.29, 0.717) is 6.04 Å². The molecule has 2 N–H and O–H groups in total. The first-order valence-electron chi connectivity index (χ1n) is 6.38. The van der Waals surface area contributed by atoms with Gasteiger partial charge < -0.3 is 10.6 Å². The van der Waals surface area contributed by atoms with Gasteiger partial charge in [0.25, 0.3) is 0 Å². The minimum atomic E-state index is 0.455. The molecule has 0 aromatic heterocycles. The lowest BCUT2D eigenvalue weighted by atomic mass is 9.80. The summed E-state index contributed by atoms with van der Waals surface area (Å²) in [5, 5.41) is 0. The van der Waals surface area contributed by atoms with Crippen molar-refractivity contribution in [1.29, 1.82) is 0 Å². The number of benzene rings is 1. The predicted octanol–water partition coefficient (Wildman–Crippen LogP) is 2.97. The van der Waals surface area contributed by atoms with E-state index in [4.69, 9.17) is 5.73 Å². The zero-order chi connectivity index (χ0) is 12.3. The van der Waals surface area contributed by atoms with Gasteiger partial charge in [-0.25, -0.2) is 0 Å². The first kappa shape index (κ1) is 12.8. The molecule has 1 saturated carbocycles. The van der Waals surface area contributed by atoms with Crippen LogP contribution in [0.25, 0.3) is 0 Å². The second kappa shape index (κ2) is 5.78. The summed E-state index contributed by atoms with van der Waals surface area (Å²) in [6, 6.07) is 9.32. The lowest BCUT2D eigenvalue weighted by Crippen LogP contribution is -2.41. The fourth-order valence-electron chi connectivity index (χ4n) is 2.39. The molecule has 1 fully saturated rings. The Labute approximate surface area is 109 Å². The van der Waals surface area contributed by atoms with E-state index in [9.17, 15) is 0 Å². The quantitative estimate of drug-likeness (QED) is 0.815. The molecule has 94 valence electrons. The average Bonchev–Trinajstić information content (AvgIpc) is 2.28. The Hall–Kier alpha value is -0.670. The number of hydrogen-bond acceptors (Lipinski definition) is 3. The average molecular weight is 250 g/mol. The molecular formula is C14H22N2S. The fraction of sp³-hybridized carbons (Fsp3) is 0.571. The van der Waals surface area contributed by atoms with E-state index in [2.05, 4.69) is 43.1 Å². The van der Waals surface area contributed by atoms with Crippen molar-refractivity contribution in [1.82, 2.24) is 0 Å². The fourth-order valence-corrected chi connectivity index (χ4v) is 3.05. The van der Waals surface area contributed by atoms with Crippen molar-refractivity contribution in [3.63, 3.8) is 0 Å². The molecule has 3 heteroatoms. The van der Waals surface area contributed by atoms with Crippen LogP contribution in [0.4, 0.5) is 5.69 Å². The van der Waals surface area contributed by atoms with Crippen molar-refractivity contribution >= 4 is 17.4 Å². The third-order valence-electron chi connectivity index (χ3n) is 3.39. The third-order valence-corrected chi connectivity index (χ3v) is 4.29. The molecule has 1 aromatic carbocycles. The van der Waals surface area contributed by atoms with Crippen molar-refractivity contribution in [3.8, 4) is 0 Å². The summed E-state index contributed by atoms with van der Waals surface area (Å²) >= 11 is 1.89. The largest absolute Gasteiger partial charge is 0.374 e. The van der Waals surface area contributed by atoms with Crippen molar-refractivity contribution in [2.45, 2.75) is 30.7 Å². The van der Waals surface area contributed by atoms with Crippen molar-refractivity contribution in [3.05, 3.63) is 24.3 Å². The smallest absolute Gasteiger partial charge is 0.0364 e. The number of hydrogen-bond donors (Lipinski definition) is 1. The van der Waals surface area contributed by atoms with E-state index in [1.54, 1.807) is 0 Å². The minimum Gasteiger partial charge on any atom is -0.374 e. The zero-order valence-electron chi connectivity index (χ0n) is 10.7. The molecule has 1 aromatic rings. The van der Waals surface area contributed by atoms with E-state index in [-0.39, 0.29) is 0 Å². The van der Waals surface area contributed by atoms with E-state index in [0.717, 1.165) is 18.2 Å². The van der Waals surface area contributed by atoms with Crippen LogP contribution in [0.1, 0.15) is 19.8 Å². The summed E-state index contributed by atoms with van der Waals surface area (Å²) in [5.74, 6) is 1.93. The van der Waals surface area contributed by atoms with Crippen LogP contribution >= 0.6 is 11.8 Å². The molecule has 2 nitrogen and oxygen atoms in total. The van der Waals surface area contributed by atoms with Gasteiger partial charge in [0, 0.05) is 30.2 Å². The Kier molecular flexibility index (Phi) is 4.35. The molecule has 1 aliphatic rings. The van der Waals surface area contributed by atoms with Gasteiger partial charge in [-0.1, -0.05) is 6.92 Å². The topological polar surface area (TPSA) is 29.3 Å². The summed E-state index contributed by atoms with van der Waals surface area (Å²) in [4.78, 5) is 3.70. The molecule has 2 rings (SSSR count). The molecule has 0 atom stereocenters. The molecule has 0 heterocycles. The Bertz CT molecular complexity index is 344. The van der Waals surface area contributed by atoms with Gasteiger partial charge in [-0.05, 0) is 48.8 Å². The number of nitrogens with zero attached hydrogens (tertiary/aromatic N) is 1. The highest BCUT2D eigenvalue weighted by molar-refractivity contribution is 7.99. The maximum atomic E-state index is 5.82. The summed E-state index contributed by atoms with van der Waals surface area (Å²) in [7, 11) is 2.17. The maximum absolute atomic E-state index is 5.82. The molecule has 0 saturated heterocycles. The third kappa shape index (κ3) is 3.39. The molecule has 0 unspecified atom stereocenters. The first-order valence-corrected chi connectivity index (χ1v) is 7.37. The van der Waals surface area contributed by atoms with Gasteiger partial charge in [0.15, 0.2) is 0 Å². The van der Waals surface area contributed by atoms with Crippen LogP contribution in [0.5, 0.6) is 0 Å². The molecular weight excluding hydrogens is 228 g/mol. The number of rotatable bonds is 5. The first-order chi connectivity index (χ1) is 8.19. The second-order valence-electron chi connectivity index (χ2n) is 4.90. The van der Waals surface area contributed by atoms with Crippen LogP contribution in [0.2, 0.25) is 0 Å². The highest BCUT2D eigenvalue weighted by atomic mass is 32.2. The van der Waals surface area contributed by atoms with Crippen LogP contribution in [0.3, 0.4) is 0 Å². The minimum absolute atomic E-state index is 0.455. The van der Waals surface area contributed by atoms with Crippen LogP contribution in [0.15, 0.2) is 29.2 Å².